The van der Waals surface area contributed by atoms with Crippen LogP contribution >= 0.6 is 23.2 Å². The van der Waals surface area contributed by atoms with Crippen molar-refractivity contribution in [1.29, 1.82) is 0 Å². The Balaban J connectivity index is 1.98. The first-order valence-corrected chi connectivity index (χ1v) is 29.6. The van der Waals surface area contributed by atoms with Crippen LogP contribution in [0.15, 0.2) is 24.3 Å². The maximum Gasteiger partial charge on any atom is 0.362 e. The molecule has 67 heavy (non-hydrogen) atoms. The number of hydrogen-bond acceptors (Lipinski definition) is 7. The summed E-state index contributed by atoms with van der Waals surface area (Å²) >= 11 is 12.6. The Morgan fingerprint density at radius 3 is 0.970 bits per heavy atom. The molecule has 0 amide bonds. The van der Waals surface area contributed by atoms with Crippen molar-refractivity contribution in [2.75, 3.05) is 19.8 Å². The van der Waals surface area contributed by atoms with Gasteiger partial charge < -0.3 is 18.9 Å². The van der Waals surface area contributed by atoms with Gasteiger partial charge in [-0.2, -0.15) is 15.0 Å². The minimum Gasteiger partial charge on any atom is -0.493 e. The van der Waals surface area contributed by atoms with E-state index >= 15 is 0 Å². The summed E-state index contributed by atoms with van der Waals surface area (Å²) in [5, 5.41) is -0.102. The van der Waals surface area contributed by atoms with Crippen LogP contribution in [0, 0.1) is 0 Å². The predicted octanol–water partition coefficient (Wildman–Crippen LogP) is 20.2. The molecule has 1 heterocycles. The van der Waals surface area contributed by atoms with Crippen molar-refractivity contribution in [2.24, 2.45) is 0 Å². The van der Waals surface area contributed by atoms with Crippen molar-refractivity contribution in [3.05, 3.63) is 40.4 Å². The lowest BCUT2D eigenvalue weighted by atomic mass is 10.0. The van der Waals surface area contributed by atoms with E-state index in [1.54, 1.807) is 0 Å². The lowest BCUT2D eigenvalue weighted by Gasteiger charge is -2.34. The van der Waals surface area contributed by atoms with E-state index in [0.29, 0.717) is 31.1 Å². The average Bonchev–Trinajstić information content (AvgIpc) is 3.32. The van der Waals surface area contributed by atoms with E-state index < -0.39 is 5.97 Å². The number of benzene rings is 1. The molecule has 7 nitrogen and oxygen atoms in total. The molecule has 9 heteroatoms. The SMILES string of the molecule is CCCCCCCCCCCCCCCCOc1ccccc1C(OCCCCCCCCCCCCCCCC)(OCCCCCCCCCCCCCCCC)Oc1nc(Cl)nc(Cl)n1. The molecule has 0 saturated carbocycles. The van der Waals surface area contributed by atoms with E-state index in [1.165, 1.54) is 231 Å². The maximum atomic E-state index is 6.78. The van der Waals surface area contributed by atoms with E-state index in [9.17, 15) is 0 Å². The van der Waals surface area contributed by atoms with Crippen LogP contribution in [0.4, 0.5) is 0 Å². The summed E-state index contributed by atoms with van der Waals surface area (Å²) in [7, 11) is 0. The lowest BCUT2D eigenvalue weighted by Crippen LogP contribution is -2.41. The highest BCUT2D eigenvalue weighted by Gasteiger charge is 2.42. The highest BCUT2D eigenvalue weighted by atomic mass is 35.5. The molecule has 0 N–H and O–H groups in total. The Morgan fingerprint density at radius 1 is 0.358 bits per heavy atom. The third kappa shape index (κ3) is 34.3. The highest BCUT2D eigenvalue weighted by Crippen LogP contribution is 2.37. The zero-order valence-electron chi connectivity index (χ0n) is 43.9. The van der Waals surface area contributed by atoms with Gasteiger partial charge in [0.2, 0.25) is 10.6 Å². The topological polar surface area (TPSA) is 75.6 Å². The first-order chi connectivity index (χ1) is 33.0. The number of nitrogens with zero attached hydrogens (tertiary/aromatic N) is 3. The molecule has 0 radical (unpaired) electrons. The molecule has 2 rings (SSSR count). The van der Waals surface area contributed by atoms with Crippen molar-refractivity contribution >= 4 is 23.2 Å². The van der Waals surface area contributed by atoms with Gasteiger partial charge >= 0.3 is 12.0 Å². The minimum absolute atomic E-state index is 0.0475. The van der Waals surface area contributed by atoms with Crippen LogP contribution in [0.5, 0.6) is 11.8 Å². The van der Waals surface area contributed by atoms with Gasteiger partial charge in [0.25, 0.3) is 0 Å². The molecule has 0 atom stereocenters. The van der Waals surface area contributed by atoms with Gasteiger partial charge in [-0.1, -0.05) is 283 Å². The zero-order chi connectivity index (χ0) is 48.0. The normalized spacial score (nSPS) is 11.8. The second-order valence-corrected chi connectivity index (χ2v) is 20.3. The second kappa shape index (κ2) is 45.5. The van der Waals surface area contributed by atoms with Crippen LogP contribution in [0.3, 0.4) is 0 Å². The molecule has 0 aliphatic rings. The Kier molecular flexibility index (Phi) is 41.7. The number of para-hydroxylation sites is 1. The summed E-state index contributed by atoms with van der Waals surface area (Å²) in [4.78, 5) is 12.6. The summed E-state index contributed by atoms with van der Waals surface area (Å²) in [6, 6.07) is 7.88. The number of halogens is 2. The van der Waals surface area contributed by atoms with E-state index in [-0.39, 0.29) is 16.6 Å². The molecule has 388 valence electrons. The average molecular weight is 977 g/mol. The molecule has 2 aromatic rings. The van der Waals surface area contributed by atoms with Crippen molar-refractivity contribution in [3.63, 3.8) is 0 Å². The molecule has 0 unspecified atom stereocenters. The largest absolute Gasteiger partial charge is 0.493 e. The molecule has 0 saturated heterocycles. The summed E-state index contributed by atoms with van der Waals surface area (Å²) in [5.74, 6) is -0.988. The molecular formula is C58H103Cl2N3O4. The van der Waals surface area contributed by atoms with Gasteiger partial charge in [-0.3, -0.25) is 0 Å². The fourth-order valence-corrected chi connectivity index (χ4v) is 9.46. The molecule has 0 aliphatic carbocycles. The summed E-state index contributed by atoms with van der Waals surface area (Å²) in [6.45, 7) is 8.35. The van der Waals surface area contributed by atoms with Gasteiger partial charge in [0, 0.05) is 0 Å². The molecule has 1 aromatic heterocycles. The van der Waals surface area contributed by atoms with Crippen molar-refractivity contribution in [1.82, 2.24) is 15.0 Å². The minimum atomic E-state index is -1.66. The van der Waals surface area contributed by atoms with Crippen molar-refractivity contribution < 1.29 is 18.9 Å². The second-order valence-electron chi connectivity index (χ2n) is 19.6. The third-order valence-corrected chi connectivity index (χ3v) is 13.7. The smallest absolute Gasteiger partial charge is 0.362 e. The van der Waals surface area contributed by atoms with Crippen LogP contribution in [0.25, 0.3) is 0 Å². The summed E-state index contributed by atoms with van der Waals surface area (Å²) < 4.78 is 26.7. The van der Waals surface area contributed by atoms with E-state index in [0.717, 1.165) is 38.5 Å². The van der Waals surface area contributed by atoms with Crippen LogP contribution in [-0.4, -0.2) is 34.8 Å². The fraction of sp³-hybridized carbons (Fsp3) is 0.845. The van der Waals surface area contributed by atoms with Gasteiger partial charge in [-0.05, 0) is 54.6 Å². The highest BCUT2D eigenvalue weighted by molar-refractivity contribution is 6.31. The van der Waals surface area contributed by atoms with Crippen LogP contribution in [-0.2, 0) is 15.4 Å². The van der Waals surface area contributed by atoms with Crippen LogP contribution in [0.1, 0.15) is 296 Å². The van der Waals surface area contributed by atoms with E-state index in [2.05, 4.69) is 35.7 Å². The summed E-state index contributed by atoms with van der Waals surface area (Å²) in [5.41, 5.74) is 0.656. The Morgan fingerprint density at radius 2 is 0.642 bits per heavy atom. The van der Waals surface area contributed by atoms with Crippen molar-refractivity contribution in [2.45, 2.75) is 296 Å². The number of ether oxygens (including phenoxy) is 4. The van der Waals surface area contributed by atoms with Gasteiger partial charge in [0.15, 0.2) is 0 Å². The first kappa shape index (κ1) is 61.4. The summed E-state index contributed by atoms with van der Waals surface area (Å²) in [6.07, 6.45) is 54.6. The molecule has 0 aliphatic heterocycles. The molecule has 0 spiro atoms. The number of aromatic nitrogens is 3. The molecule has 0 bridgehead atoms. The Hall–Kier alpha value is -1.67. The lowest BCUT2D eigenvalue weighted by molar-refractivity contribution is -0.359. The first-order valence-electron chi connectivity index (χ1n) is 28.8. The standard InChI is InChI=1S/C58H103Cl2N3O4/c1-4-7-10-13-16-19-22-25-28-31-34-37-40-45-50-64-54-49-44-43-48-53(54)58(67-57-62-55(59)61-56(60)63-57,65-51-46-41-38-35-32-29-26-23-20-17-14-11-8-5-2)66-52-47-42-39-36-33-30-27-24-21-18-15-12-9-6-3/h43-44,48-49H,4-42,45-47,50-52H2,1-3H3. The number of hydrogen-bond donors (Lipinski definition) is 0. The number of rotatable bonds is 51. The van der Waals surface area contributed by atoms with Gasteiger partial charge in [-0.15, -0.1) is 0 Å². The van der Waals surface area contributed by atoms with Gasteiger partial charge in [-0.25, -0.2) is 0 Å². The van der Waals surface area contributed by atoms with Crippen molar-refractivity contribution in [3.8, 4) is 11.8 Å². The van der Waals surface area contributed by atoms with Crippen LogP contribution in [0.2, 0.25) is 10.6 Å². The third-order valence-electron chi connectivity index (χ3n) is 13.3. The monoisotopic (exact) mass is 976 g/mol. The number of unbranched alkanes of at least 4 members (excludes halogenated alkanes) is 39. The Bertz CT molecular complexity index is 1310. The van der Waals surface area contributed by atoms with Gasteiger partial charge in [0.05, 0.1) is 25.4 Å². The maximum absolute atomic E-state index is 6.78. The molecule has 1 aromatic carbocycles. The molecule has 0 fully saturated rings. The molecular weight excluding hydrogens is 874 g/mol. The van der Waals surface area contributed by atoms with E-state index in [1.807, 2.05) is 24.3 Å². The Labute approximate surface area is 423 Å². The van der Waals surface area contributed by atoms with E-state index in [4.69, 9.17) is 42.1 Å². The zero-order valence-corrected chi connectivity index (χ0v) is 45.4. The van der Waals surface area contributed by atoms with Gasteiger partial charge in [0.1, 0.15) is 5.75 Å². The van der Waals surface area contributed by atoms with Crippen LogP contribution < -0.4 is 9.47 Å². The predicted molar refractivity (Wildman–Crippen MR) is 287 cm³/mol. The fourth-order valence-electron chi connectivity index (χ4n) is 9.12. The quantitative estimate of drug-likeness (QED) is 0.0483.